The van der Waals surface area contributed by atoms with Crippen molar-refractivity contribution < 1.29 is 18.7 Å². The van der Waals surface area contributed by atoms with E-state index in [4.69, 9.17) is 21.1 Å². The first kappa shape index (κ1) is 12.3. The molecule has 2 rings (SSSR count). The van der Waals surface area contributed by atoms with Gasteiger partial charge in [-0.25, -0.2) is 9.18 Å². The average molecular weight is 259 g/mol. The van der Waals surface area contributed by atoms with Crippen LogP contribution in [0.4, 0.5) is 4.39 Å². The Labute approximate surface area is 103 Å². The molecule has 0 N–H and O–H groups in total. The Balaban J connectivity index is 1.96. The number of rotatable bonds is 3. The fourth-order valence-electron chi connectivity index (χ4n) is 1.64. The highest BCUT2D eigenvalue weighted by Gasteiger charge is 2.19. The summed E-state index contributed by atoms with van der Waals surface area (Å²) in [5.41, 5.74) is -0.128. The van der Waals surface area contributed by atoms with E-state index in [9.17, 15) is 9.18 Å². The van der Waals surface area contributed by atoms with Crippen molar-refractivity contribution in [2.24, 2.45) is 5.92 Å². The van der Waals surface area contributed by atoms with Crippen molar-refractivity contribution in [1.29, 1.82) is 0 Å². The molecule has 92 valence electrons. The lowest BCUT2D eigenvalue weighted by molar-refractivity contribution is 0.0423. The van der Waals surface area contributed by atoms with Crippen LogP contribution in [-0.4, -0.2) is 25.8 Å². The van der Waals surface area contributed by atoms with E-state index in [1.165, 1.54) is 12.1 Å². The second kappa shape index (κ2) is 5.47. The second-order valence-corrected chi connectivity index (χ2v) is 4.39. The maximum atomic E-state index is 13.3. The lowest BCUT2D eigenvalue weighted by Gasteiger charge is -2.09. The average Bonchev–Trinajstić information content (AvgIpc) is 2.82. The molecule has 1 aliphatic rings. The Hall–Kier alpha value is -1.13. The van der Waals surface area contributed by atoms with E-state index in [1.54, 1.807) is 0 Å². The zero-order chi connectivity index (χ0) is 12.3. The van der Waals surface area contributed by atoms with Gasteiger partial charge in [0.15, 0.2) is 0 Å². The molecule has 0 aromatic heterocycles. The van der Waals surface area contributed by atoms with Gasteiger partial charge in [-0.2, -0.15) is 0 Å². The minimum atomic E-state index is -0.683. The monoisotopic (exact) mass is 258 g/mol. The van der Waals surface area contributed by atoms with Crippen molar-refractivity contribution >= 4 is 17.6 Å². The molecule has 0 aliphatic carbocycles. The van der Waals surface area contributed by atoms with Crippen molar-refractivity contribution in [3.05, 3.63) is 34.6 Å². The molecule has 0 bridgehead atoms. The molecule has 1 unspecified atom stereocenters. The number of esters is 1. The number of carbonyl (C=O) groups is 1. The summed E-state index contributed by atoms with van der Waals surface area (Å²) in [7, 11) is 0. The highest BCUT2D eigenvalue weighted by atomic mass is 35.5. The number of carbonyl (C=O) groups excluding carboxylic acids is 1. The SMILES string of the molecule is O=C(OCC1CCOC1)c1cc(Cl)ccc1F. The van der Waals surface area contributed by atoms with Crippen molar-refractivity contribution in [1.82, 2.24) is 0 Å². The Morgan fingerprint density at radius 2 is 2.41 bits per heavy atom. The molecule has 3 nitrogen and oxygen atoms in total. The first-order chi connectivity index (χ1) is 8.16. The summed E-state index contributed by atoms with van der Waals surface area (Å²) >= 11 is 5.69. The second-order valence-electron chi connectivity index (χ2n) is 3.95. The molecule has 1 aromatic carbocycles. The Morgan fingerprint density at radius 3 is 3.12 bits per heavy atom. The third-order valence-corrected chi connectivity index (χ3v) is 2.86. The quantitative estimate of drug-likeness (QED) is 0.782. The summed E-state index contributed by atoms with van der Waals surface area (Å²) in [5.74, 6) is -1.10. The van der Waals surface area contributed by atoms with E-state index >= 15 is 0 Å². The summed E-state index contributed by atoms with van der Waals surface area (Å²) in [5, 5.41) is 0.308. The predicted octanol–water partition coefficient (Wildman–Crippen LogP) is 2.67. The smallest absolute Gasteiger partial charge is 0.341 e. The minimum absolute atomic E-state index is 0.128. The van der Waals surface area contributed by atoms with Gasteiger partial charge in [-0.1, -0.05) is 11.6 Å². The standard InChI is InChI=1S/C12H12ClFO3/c13-9-1-2-11(14)10(5-9)12(15)17-7-8-3-4-16-6-8/h1-2,5,8H,3-4,6-7H2. The van der Waals surface area contributed by atoms with Gasteiger partial charge in [-0.3, -0.25) is 0 Å². The minimum Gasteiger partial charge on any atom is -0.462 e. The zero-order valence-corrected chi connectivity index (χ0v) is 9.87. The normalized spacial score (nSPS) is 19.3. The van der Waals surface area contributed by atoms with E-state index in [0.717, 1.165) is 12.5 Å². The van der Waals surface area contributed by atoms with Crippen LogP contribution < -0.4 is 0 Å². The van der Waals surface area contributed by atoms with Gasteiger partial charge in [0.2, 0.25) is 0 Å². The van der Waals surface area contributed by atoms with Crippen LogP contribution in [0.5, 0.6) is 0 Å². The molecule has 0 amide bonds. The van der Waals surface area contributed by atoms with E-state index in [2.05, 4.69) is 0 Å². The number of hydrogen-bond donors (Lipinski definition) is 0. The molecule has 0 spiro atoms. The largest absolute Gasteiger partial charge is 0.462 e. The van der Waals surface area contributed by atoms with Gasteiger partial charge in [0.1, 0.15) is 5.82 Å². The van der Waals surface area contributed by atoms with Gasteiger partial charge in [0.05, 0.1) is 18.8 Å². The van der Waals surface area contributed by atoms with E-state index < -0.39 is 11.8 Å². The highest BCUT2D eigenvalue weighted by Crippen LogP contribution is 2.17. The molecule has 17 heavy (non-hydrogen) atoms. The highest BCUT2D eigenvalue weighted by molar-refractivity contribution is 6.30. The van der Waals surface area contributed by atoms with Gasteiger partial charge < -0.3 is 9.47 Å². The lowest BCUT2D eigenvalue weighted by Crippen LogP contribution is -2.15. The van der Waals surface area contributed by atoms with Gasteiger partial charge >= 0.3 is 5.97 Å². The van der Waals surface area contributed by atoms with Crippen LogP contribution in [0.2, 0.25) is 5.02 Å². The van der Waals surface area contributed by atoms with Gasteiger partial charge in [-0.15, -0.1) is 0 Å². The fourth-order valence-corrected chi connectivity index (χ4v) is 1.81. The summed E-state index contributed by atoms with van der Waals surface area (Å²) < 4.78 is 23.5. The Kier molecular flexibility index (Phi) is 3.97. The molecule has 1 saturated heterocycles. The topological polar surface area (TPSA) is 35.5 Å². The first-order valence-corrected chi connectivity index (χ1v) is 5.74. The predicted molar refractivity (Wildman–Crippen MR) is 60.6 cm³/mol. The van der Waals surface area contributed by atoms with Crippen molar-refractivity contribution in [2.45, 2.75) is 6.42 Å². The molecule has 0 saturated carbocycles. The van der Waals surface area contributed by atoms with Crippen LogP contribution in [0.15, 0.2) is 18.2 Å². The van der Waals surface area contributed by atoms with E-state index in [-0.39, 0.29) is 18.1 Å². The zero-order valence-electron chi connectivity index (χ0n) is 9.12. The third kappa shape index (κ3) is 3.17. The number of halogens is 2. The van der Waals surface area contributed by atoms with E-state index in [0.29, 0.717) is 18.2 Å². The molecule has 1 aliphatic heterocycles. The Bertz CT molecular complexity index is 416. The van der Waals surface area contributed by atoms with Crippen LogP contribution in [0, 0.1) is 11.7 Å². The van der Waals surface area contributed by atoms with Crippen LogP contribution in [0.1, 0.15) is 16.8 Å². The maximum absolute atomic E-state index is 13.3. The number of benzene rings is 1. The third-order valence-electron chi connectivity index (χ3n) is 2.62. The summed E-state index contributed by atoms with van der Waals surface area (Å²) in [6.07, 6.45) is 0.866. The molecule has 5 heteroatoms. The molecule has 1 aromatic rings. The summed E-state index contributed by atoms with van der Waals surface area (Å²) in [4.78, 5) is 11.6. The van der Waals surface area contributed by atoms with Crippen LogP contribution in [-0.2, 0) is 9.47 Å². The molecule has 1 fully saturated rings. The molecular weight excluding hydrogens is 247 g/mol. The van der Waals surface area contributed by atoms with Crippen LogP contribution in [0.25, 0.3) is 0 Å². The van der Waals surface area contributed by atoms with Crippen molar-refractivity contribution in [3.63, 3.8) is 0 Å². The Morgan fingerprint density at radius 1 is 1.59 bits per heavy atom. The van der Waals surface area contributed by atoms with Gasteiger partial charge in [-0.05, 0) is 24.6 Å². The molecule has 0 radical (unpaired) electrons. The molecular formula is C12H12ClFO3. The van der Waals surface area contributed by atoms with Gasteiger partial charge in [0, 0.05) is 17.5 Å². The summed E-state index contributed by atoms with van der Waals surface area (Å²) in [6.45, 7) is 1.53. The number of ether oxygens (including phenoxy) is 2. The van der Waals surface area contributed by atoms with Gasteiger partial charge in [0.25, 0.3) is 0 Å². The van der Waals surface area contributed by atoms with Crippen LogP contribution >= 0.6 is 11.6 Å². The summed E-state index contributed by atoms with van der Waals surface area (Å²) in [6, 6.07) is 3.81. The first-order valence-electron chi connectivity index (χ1n) is 5.37. The van der Waals surface area contributed by atoms with Crippen LogP contribution in [0.3, 0.4) is 0 Å². The maximum Gasteiger partial charge on any atom is 0.341 e. The molecule has 1 heterocycles. The van der Waals surface area contributed by atoms with Crippen molar-refractivity contribution in [2.75, 3.05) is 19.8 Å². The van der Waals surface area contributed by atoms with E-state index in [1.807, 2.05) is 0 Å². The lowest BCUT2D eigenvalue weighted by atomic mass is 10.1. The molecule has 1 atom stereocenters. The van der Waals surface area contributed by atoms with Crippen molar-refractivity contribution in [3.8, 4) is 0 Å². The fraction of sp³-hybridized carbons (Fsp3) is 0.417. The number of hydrogen-bond acceptors (Lipinski definition) is 3.